The molecule has 1 aromatic rings. The van der Waals surface area contributed by atoms with Gasteiger partial charge in [-0.2, -0.15) is 34.9 Å². The highest BCUT2D eigenvalue weighted by Crippen LogP contribution is 2.37. The lowest BCUT2D eigenvalue weighted by molar-refractivity contribution is 0.167. The Morgan fingerprint density at radius 2 is 2.24 bits per heavy atom. The Kier molecular flexibility index (Phi) is 5.27. The van der Waals surface area contributed by atoms with E-state index in [0.717, 1.165) is 23.8 Å². The highest BCUT2D eigenvalue weighted by molar-refractivity contribution is 8.07. The molecule has 0 spiro atoms. The highest BCUT2D eigenvalue weighted by atomic mass is 32.2. The van der Waals surface area contributed by atoms with Crippen LogP contribution in [0.5, 0.6) is 0 Å². The Balaban J connectivity index is 1.78. The summed E-state index contributed by atoms with van der Waals surface area (Å²) in [7, 11) is 0. The van der Waals surface area contributed by atoms with E-state index in [1.807, 2.05) is 23.5 Å². The summed E-state index contributed by atoms with van der Waals surface area (Å²) in [4.78, 5) is 0. The zero-order valence-corrected chi connectivity index (χ0v) is 12.8. The minimum atomic E-state index is -0.151. The summed E-state index contributed by atoms with van der Waals surface area (Å²) in [5.74, 6) is 1.10. The summed E-state index contributed by atoms with van der Waals surface area (Å²) >= 11 is 5.72. The standard InChI is InChI=1S/C13H20OS3/c1-9-10(2)17-13(8-16-9)12(14)4-3-11-5-6-15-7-11/h5-7,9-10,12-14H,3-4,8H2,1-2H3. The van der Waals surface area contributed by atoms with Gasteiger partial charge in [-0.1, -0.05) is 13.8 Å². The molecule has 4 heteroatoms. The molecule has 1 aromatic heterocycles. The Hall–Kier alpha value is 0.360. The van der Waals surface area contributed by atoms with Crippen LogP contribution in [0, 0.1) is 0 Å². The molecular weight excluding hydrogens is 268 g/mol. The van der Waals surface area contributed by atoms with Crippen molar-refractivity contribution >= 4 is 34.9 Å². The van der Waals surface area contributed by atoms with Gasteiger partial charge < -0.3 is 5.11 Å². The summed E-state index contributed by atoms with van der Waals surface area (Å²) in [6, 6.07) is 2.16. The third kappa shape index (κ3) is 3.91. The number of hydrogen-bond donors (Lipinski definition) is 1. The number of thiophene rings is 1. The fourth-order valence-electron chi connectivity index (χ4n) is 1.94. The molecule has 96 valence electrons. The van der Waals surface area contributed by atoms with Gasteiger partial charge in [0.15, 0.2) is 0 Å². The first kappa shape index (κ1) is 13.8. The molecular formula is C13H20OS3. The van der Waals surface area contributed by atoms with E-state index >= 15 is 0 Å². The normalized spacial score (nSPS) is 31.4. The van der Waals surface area contributed by atoms with Crippen LogP contribution in [0.25, 0.3) is 0 Å². The van der Waals surface area contributed by atoms with Crippen LogP contribution in [0.15, 0.2) is 16.8 Å². The van der Waals surface area contributed by atoms with Gasteiger partial charge in [-0.15, -0.1) is 0 Å². The fourth-order valence-corrected chi connectivity index (χ4v) is 5.70. The van der Waals surface area contributed by atoms with Crippen molar-refractivity contribution in [2.45, 2.75) is 48.5 Å². The Morgan fingerprint density at radius 3 is 2.88 bits per heavy atom. The molecule has 1 fully saturated rings. The van der Waals surface area contributed by atoms with Crippen molar-refractivity contribution in [3.05, 3.63) is 22.4 Å². The van der Waals surface area contributed by atoms with E-state index in [1.165, 1.54) is 5.56 Å². The predicted octanol–water partition coefficient (Wildman–Crippen LogP) is 3.67. The van der Waals surface area contributed by atoms with Gasteiger partial charge in [0.1, 0.15) is 0 Å². The molecule has 0 aliphatic carbocycles. The maximum atomic E-state index is 10.2. The van der Waals surface area contributed by atoms with E-state index in [1.54, 1.807) is 11.3 Å². The lowest BCUT2D eigenvalue weighted by Gasteiger charge is -2.33. The molecule has 0 saturated carbocycles. The van der Waals surface area contributed by atoms with Crippen LogP contribution in [0.2, 0.25) is 0 Å². The molecule has 0 aromatic carbocycles. The third-order valence-electron chi connectivity index (χ3n) is 3.31. The number of aryl methyl sites for hydroxylation is 1. The second-order valence-electron chi connectivity index (χ2n) is 4.66. The number of aliphatic hydroxyl groups excluding tert-OH is 1. The first-order valence-corrected chi connectivity index (χ1v) is 9.06. The SMILES string of the molecule is CC1SCC(C(O)CCc2ccsc2)SC1C. The lowest BCUT2D eigenvalue weighted by Crippen LogP contribution is -2.34. The van der Waals surface area contributed by atoms with Crippen LogP contribution in [-0.2, 0) is 6.42 Å². The first-order valence-electron chi connectivity index (χ1n) is 6.13. The average Bonchev–Trinajstić information content (AvgIpc) is 2.82. The summed E-state index contributed by atoms with van der Waals surface area (Å²) in [5, 5.41) is 16.3. The maximum absolute atomic E-state index is 10.2. The van der Waals surface area contributed by atoms with Crippen LogP contribution in [0.4, 0.5) is 0 Å². The molecule has 1 nitrogen and oxygen atoms in total. The lowest BCUT2D eigenvalue weighted by atomic mass is 10.1. The van der Waals surface area contributed by atoms with E-state index in [4.69, 9.17) is 0 Å². The summed E-state index contributed by atoms with van der Waals surface area (Å²) in [6.45, 7) is 4.57. The predicted molar refractivity (Wildman–Crippen MR) is 81.4 cm³/mol. The van der Waals surface area contributed by atoms with Gasteiger partial charge in [-0.25, -0.2) is 0 Å². The zero-order chi connectivity index (χ0) is 12.3. The van der Waals surface area contributed by atoms with E-state index in [-0.39, 0.29) is 6.10 Å². The van der Waals surface area contributed by atoms with E-state index < -0.39 is 0 Å². The first-order chi connectivity index (χ1) is 8.16. The van der Waals surface area contributed by atoms with Crippen molar-refractivity contribution in [1.29, 1.82) is 0 Å². The van der Waals surface area contributed by atoms with Crippen LogP contribution in [0.1, 0.15) is 25.8 Å². The van der Waals surface area contributed by atoms with Crippen molar-refractivity contribution in [3.63, 3.8) is 0 Å². The van der Waals surface area contributed by atoms with Gasteiger partial charge in [0.05, 0.1) is 6.10 Å². The molecule has 4 atom stereocenters. The molecule has 17 heavy (non-hydrogen) atoms. The second-order valence-corrected chi connectivity index (χ2v) is 8.47. The molecule has 1 aliphatic heterocycles. The van der Waals surface area contributed by atoms with Gasteiger partial charge in [-0.3, -0.25) is 0 Å². The van der Waals surface area contributed by atoms with Gasteiger partial charge in [0, 0.05) is 21.5 Å². The number of rotatable bonds is 4. The largest absolute Gasteiger partial charge is 0.392 e. The van der Waals surface area contributed by atoms with E-state index in [9.17, 15) is 5.11 Å². The topological polar surface area (TPSA) is 20.2 Å². The quantitative estimate of drug-likeness (QED) is 0.913. The molecule has 2 rings (SSSR count). The maximum Gasteiger partial charge on any atom is 0.0670 e. The monoisotopic (exact) mass is 288 g/mol. The van der Waals surface area contributed by atoms with Crippen molar-refractivity contribution in [2.75, 3.05) is 5.75 Å². The third-order valence-corrected chi connectivity index (χ3v) is 7.58. The van der Waals surface area contributed by atoms with Gasteiger partial charge >= 0.3 is 0 Å². The van der Waals surface area contributed by atoms with Crippen molar-refractivity contribution in [1.82, 2.24) is 0 Å². The van der Waals surface area contributed by atoms with Crippen LogP contribution in [-0.4, -0.2) is 32.7 Å². The Labute approximate surface area is 116 Å². The van der Waals surface area contributed by atoms with Crippen molar-refractivity contribution < 1.29 is 5.11 Å². The van der Waals surface area contributed by atoms with E-state index in [0.29, 0.717) is 10.5 Å². The molecule has 2 heterocycles. The smallest absolute Gasteiger partial charge is 0.0670 e. The molecule has 1 saturated heterocycles. The van der Waals surface area contributed by atoms with Crippen LogP contribution >= 0.6 is 34.9 Å². The molecule has 0 bridgehead atoms. The number of aliphatic hydroxyl groups is 1. The summed E-state index contributed by atoms with van der Waals surface area (Å²) in [6.07, 6.45) is 1.76. The van der Waals surface area contributed by atoms with Gasteiger partial charge in [0.2, 0.25) is 0 Å². The van der Waals surface area contributed by atoms with Crippen molar-refractivity contribution in [3.8, 4) is 0 Å². The average molecular weight is 289 g/mol. The molecule has 4 unspecified atom stereocenters. The summed E-state index contributed by atoms with van der Waals surface area (Å²) < 4.78 is 0. The van der Waals surface area contributed by atoms with Gasteiger partial charge in [-0.05, 0) is 35.2 Å². The van der Waals surface area contributed by atoms with Crippen LogP contribution in [0.3, 0.4) is 0 Å². The Morgan fingerprint density at radius 1 is 1.41 bits per heavy atom. The zero-order valence-electron chi connectivity index (χ0n) is 10.3. The van der Waals surface area contributed by atoms with E-state index in [2.05, 4.69) is 30.7 Å². The summed E-state index contributed by atoms with van der Waals surface area (Å²) in [5.41, 5.74) is 1.36. The minimum absolute atomic E-state index is 0.151. The Bertz CT molecular complexity index is 325. The number of thioether (sulfide) groups is 2. The van der Waals surface area contributed by atoms with Crippen LogP contribution < -0.4 is 0 Å². The second kappa shape index (κ2) is 6.50. The fraction of sp³-hybridized carbons (Fsp3) is 0.692. The van der Waals surface area contributed by atoms with Gasteiger partial charge in [0.25, 0.3) is 0 Å². The minimum Gasteiger partial charge on any atom is -0.392 e. The molecule has 0 amide bonds. The number of hydrogen-bond acceptors (Lipinski definition) is 4. The van der Waals surface area contributed by atoms with Crippen molar-refractivity contribution in [2.24, 2.45) is 0 Å². The molecule has 1 aliphatic rings. The molecule has 0 radical (unpaired) electrons. The highest BCUT2D eigenvalue weighted by Gasteiger charge is 2.29. The molecule has 1 N–H and O–H groups in total.